The molecule has 0 aliphatic rings. The third-order valence-electron chi connectivity index (χ3n) is 2.94. The summed E-state index contributed by atoms with van der Waals surface area (Å²) >= 11 is 5.10. The molecule has 0 aliphatic heterocycles. The summed E-state index contributed by atoms with van der Waals surface area (Å²) in [4.78, 5) is 3.15. The smallest absolute Gasteiger partial charge is 0.120 e. The Morgan fingerprint density at radius 2 is 1.79 bits per heavy atom. The highest BCUT2D eigenvalue weighted by Crippen LogP contribution is 2.20. The van der Waals surface area contributed by atoms with E-state index in [0.29, 0.717) is 6.61 Å². The third kappa shape index (κ3) is 2.83. The van der Waals surface area contributed by atoms with E-state index >= 15 is 0 Å². The quantitative estimate of drug-likeness (QED) is 0.708. The number of H-pyrrole nitrogens is 1. The molecule has 0 unspecified atom stereocenters. The number of aromatic nitrogens is 1. The molecule has 0 radical (unpaired) electrons. The maximum absolute atomic E-state index is 5.79. The molecule has 0 amide bonds. The molecule has 3 aromatic rings. The number of benzene rings is 2. The van der Waals surface area contributed by atoms with Gasteiger partial charge in [-0.15, -0.1) is 0 Å². The first kappa shape index (κ1) is 11.9. The lowest BCUT2D eigenvalue weighted by Gasteiger charge is -2.07. The van der Waals surface area contributed by atoms with Crippen molar-refractivity contribution in [2.75, 3.05) is 0 Å². The molecule has 0 bridgehead atoms. The zero-order chi connectivity index (χ0) is 13.1. The summed E-state index contributed by atoms with van der Waals surface area (Å²) in [6.45, 7) is 0.579. The van der Waals surface area contributed by atoms with Gasteiger partial charge in [-0.25, -0.2) is 0 Å². The summed E-state index contributed by atoms with van der Waals surface area (Å²) in [5, 5.41) is 1.10. The van der Waals surface area contributed by atoms with Crippen molar-refractivity contribution < 1.29 is 4.74 Å². The van der Waals surface area contributed by atoms with Crippen molar-refractivity contribution in [3.63, 3.8) is 0 Å². The first-order valence-electron chi connectivity index (χ1n) is 6.11. The van der Waals surface area contributed by atoms with E-state index in [1.165, 1.54) is 0 Å². The lowest BCUT2D eigenvalue weighted by Crippen LogP contribution is -1.94. The van der Waals surface area contributed by atoms with E-state index in [9.17, 15) is 0 Å². The molecule has 0 fully saturated rings. The van der Waals surface area contributed by atoms with Gasteiger partial charge in [0.25, 0.3) is 0 Å². The molecule has 2 nitrogen and oxygen atoms in total. The average Bonchev–Trinajstić information content (AvgIpc) is 2.46. The van der Waals surface area contributed by atoms with Gasteiger partial charge in [-0.3, -0.25) is 0 Å². The zero-order valence-electron chi connectivity index (χ0n) is 10.3. The molecule has 2 aromatic carbocycles. The maximum Gasteiger partial charge on any atom is 0.120 e. The first-order valence-corrected chi connectivity index (χ1v) is 6.52. The number of rotatable bonds is 3. The molecule has 1 aromatic heterocycles. The minimum absolute atomic E-state index is 0.579. The van der Waals surface area contributed by atoms with Crippen LogP contribution >= 0.6 is 12.2 Å². The maximum atomic E-state index is 5.79. The highest BCUT2D eigenvalue weighted by atomic mass is 32.1. The topological polar surface area (TPSA) is 25.0 Å². The van der Waals surface area contributed by atoms with E-state index in [1.807, 2.05) is 48.5 Å². The van der Waals surface area contributed by atoms with Crippen LogP contribution in [-0.2, 0) is 6.61 Å². The van der Waals surface area contributed by atoms with E-state index in [-0.39, 0.29) is 0 Å². The van der Waals surface area contributed by atoms with Crippen LogP contribution in [0.4, 0.5) is 0 Å². The van der Waals surface area contributed by atoms with Crippen molar-refractivity contribution in [1.29, 1.82) is 0 Å². The van der Waals surface area contributed by atoms with Crippen LogP contribution in [0.25, 0.3) is 10.9 Å². The van der Waals surface area contributed by atoms with Crippen molar-refractivity contribution in [3.05, 3.63) is 70.9 Å². The number of fused-ring (bicyclic) bond motifs is 1. The second kappa shape index (κ2) is 5.24. The Bertz CT molecular complexity index is 749. The normalized spacial score (nSPS) is 10.5. The monoisotopic (exact) mass is 267 g/mol. The van der Waals surface area contributed by atoms with Crippen molar-refractivity contribution in [1.82, 2.24) is 4.98 Å². The third-order valence-corrected chi connectivity index (χ3v) is 3.18. The summed E-state index contributed by atoms with van der Waals surface area (Å²) in [6.07, 6.45) is 0. The molecule has 0 spiro atoms. The molecular formula is C16H13NOS. The fourth-order valence-electron chi connectivity index (χ4n) is 1.96. The lowest BCUT2D eigenvalue weighted by atomic mass is 10.2. The van der Waals surface area contributed by atoms with Crippen LogP contribution in [0.15, 0.2) is 60.7 Å². The largest absolute Gasteiger partial charge is 0.489 e. The Morgan fingerprint density at radius 1 is 0.947 bits per heavy atom. The summed E-state index contributed by atoms with van der Waals surface area (Å²) in [5.41, 5.74) is 2.19. The van der Waals surface area contributed by atoms with Crippen molar-refractivity contribution in [2.24, 2.45) is 0 Å². The molecule has 0 atom stereocenters. The molecule has 94 valence electrons. The molecular weight excluding hydrogens is 254 g/mol. The van der Waals surface area contributed by atoms with Crippen LogP contribution in [0.5, 0.6) is 5.75 Å². The number of pyridine rings is 1. The molecule has 0 saturated heterocycles. The van der Waals surface area contributed by atoms with Crippen LogP contribution in [-0.4, -0.2) is 4.98 Å². The highest BCUT2D eigenvalue weighted by Gasteiger charge is 1.98. The number of aromatic amines is 1. The molecule has 0 saturated carbocycles. The van der Waals surface area contributed by atoms with Crippen LogP contribution < -0.4 is 4.74 Å². The summed E-state index contributed by atoms with van der Waals surface area (Å²) in [6, 6.07) is 20.0. The molecule has 3 rings (SSSR count). The van der Waals surface area contributed by atoms with Crippen molar-refractivity contribution in [3.8, 4) is 5.75 Å². The van der Waals surface area contributed by atoms with E-state index in [1.54, 1.807) is 0 Å². The van der Waals surface area contributed by atoms with Gasteiger partial charge in [0.15, 0.2) is 0 Å². The molecule has 0 aliphatic carbocycles. The summed E-state index contributed by atoms with van der Waals surface area (Å²) < 4.78 is 6.53. The Balaban J connectivity index is 1.82. The average molecular weight is 267 g/mol. The number of ether oxygens (including phenoxy) is 1. The Morgan fingerprint density at radius 3 is 2.63 bits per heavy atom. The first-order chi connectivity index (χ1) is 9.31. The van der Waals surface area contributed by atoms with Gasteiger partial charge in [-0.2, -0.15) is 0 Å². The Kier molecular flexibility index (Phi) is 3.29. The molecule has 19 heavy (non-hydrogen) atoms. The number of hydrogen-bond acceptors (Lipinski definition) is 2. The van der Waals surface area contributed by atoms with E-state index in [0.717, 1.165) is 26.9 Å². The van der Waals surface area contributed by atoms with Crippen molar-refractivity contribution >= 4 is 23.1 Å². The summed E-state index contributed by atoms with van der Waals surface area (Å²) in [5.74, 6) is 0.863. The Labute approximate surface area is 116 Å². The second-order valence-corrected chi connectivity index (χ2v) is 4.79. The van der Waals surface area contributed by atoms with Crippen molar-refractivity contribution in [2.45, 2.75) is 6.61 Å². The summed E-state index contributed by atoms with van der Waals surface area (Å²) in [7, 11) is 0. The zero-order valence-corrected chi connectivity index (χ0v) is 11.1. The fraction of sp³-hybridized carbons (Fsp3) is 0.0625. The lowest BCUT2D eigenvalue weighted by molar-refractivity contribution is 0.306. The van der Waals surface area contributed by atoms with Gasteiger partial charge >= 0.3 is 0 Å². The van der Waals surface area contributed by atoms with E-state index < -0.39 is 0 Å². The standard InChI is InChI=1S/C16H13NOS/c19-16-9-6-13-10-14(7-8-15(13)17-16)18-11-12-4-2-1-3-5-12/h1-10H,11H2,(H,17,19). The van der Waals surface area contributed by atoms with E-state index in [2.05, 4.69) is 17.1 Å². The van der Waals surface area contributed by atoms with Gasteiger partial charge in [0, 0.05) is 10.9 Å². The molecule has 1 heterocycles. The Hall–Kier alpha value is -2.13. The minimum atomic E-state index is 0.579. The van der Waals surface area contributed by atoms with Gasteiger partial charge in [0.05, 0.1) is 0 Å². The predicted octanol–water partition coefficient (Wildman–Crippen LogP) is 4.48. The van der Waals surface area contributed by atoms with Gasteiger partial charge in [0.1, 0.15) is 17.0 Å². The highest BCUT2D eigenvalue weighted by molar-refractivity contribution is 7.71. The van der Waals surface area contributed by atoms with Crippen LogP contribution in [0, 0.1) is 4.64 Å². The number of hydrogen-bond donors (Lipinski definition) is 1. The van der Waals surface area contributed by atoms with Gasteiger partial charge in [-0.1, -0.05) is 42.5 Å². The fourth-order valence-corrected chi connectivity index (χ4v) is 2.14. The molecule has 1 N–H and O–H groups in total. The molecule has 3 heteroatoms. The predicted molar refractivity (Wildman–Crippen MR) is 79.9 cm³/mol. The van der Waals surface area contributed by atoms with Crippen LogP contribution in [0.1, 0.15) is 5.56 Å². The second-order valence-electron chi connectivity index (χ2n) is 4.35. The minimum Gasteiger partial charge on any atom is -0.489 e. The van der Waals surface area contributed by atoms with Gasteiger partial charge in [0.2, 0.25) is 0 Å². The van der Waals surface area contributed by atoms with Crippen LogP contribution in [0.3, 0.4) is 0 Å². The number of nitrogens with one attached hydrogen (secondary N) is 1. The van der Waals surface area contributed by atoms with Gasteiger partial charge < -0.3 is 9.72 Å². The van der Waals surface area contributed by atoms with Gasteiger partial charge in [-0.05, 0) is 35.9 Å². The SMILES string of the molecule is S=c1ccc2cc(OCc3ccccc3)ccc2[nH]1. The van der Waals surface area contributed by atoms with Crippen LogP contribution in [0.2, 0.25) is 0 Å². The van der Waals surface area contributed by atoms with E-state index in [4.69, 9.17) is 17.0 Å².